The van der Waals surface area contributed by atoms with Crippen molar-refractivity contribution in [2.75, 3.05) is 18.8 Å². The third-order valence-corrected chi connectivity index (χ3v) is 6.99. The summed E-state index contributed by atoms with van der Waals surface area (Å²) in [5.41, 5.74) is 5.75. The number of carbonyl (C=O) groups excluding carboxylic acids is 3. The maximum atomic E-state index is 14.5. The number of hydrogen-bond acceptors (Lipinski definition) is 4. The normalized spacial score (nSPS) is 16.0. The second-order valence-electron chi connectivity index (χ2n) is 9.39. The third-order valence-electron chi connectivity index (χ3n) is 5.74. The van der Waals surface area contributed by atoms with E-state index in [4.69, 9.17) is 0 Å². The van der Waals surface area contributed by atoms with Crippen molar-refractivity contribution in [3.63, 3.8) is 0 Å². The van der Waals surface area contributed by atoms with Crippen LogP contribution < -0.4 is 16.2 Å². The number of hydrazine groups is 1. The van der Waals surface area contributed by atoms with Crippen LogP contribution in [0.1, 0.15) is 53.1 Å². The number of halogens is 3. The first kappa shape index (κ1) is 27.4. The predicted octanol–water partition coefficient (Wildman–Crippen LogP) is 4.15. The smallest absolute Gasteiger partial charge is 0.317 e. The summed E-state index contributed by atoms with van der Waals surface area (Å²) in [4.78, 5) is 37.2. The topological polar surface area (TPSA) is 90.5 Å². The predicted molar refractivity (Wildman–Crippen MR) is 132 cm³/mol. The lowest BCUT2D eigenvalue weighted by atomic mass is 9.86. The number of thioether (sulfide) groups is 1. The summed E-state index contributed by atoms with van der Waals surface area (Å²) in [5.74, 6) is -2.61. The van der Waals surface area contributed by atoms with E-state index in [2.05, 4.69) is 50.4 Å². The van der Waals surface area contributed by atoms with Crippen LogP contribution in [-0.4, -0.2) is 48.0 Å². The molecule has 3 rings (SSSR count). The Morgan fingerprint density at radius 1 is 1.08 bits per heavy atom. The summed E-state index contributed by atoms with van der Waals surface area (Å²) in [5, 5.41) is 2.85. The Morgan fingerprint density at radius 2 is 1.78 bits per heavy atom. The van der Waals surface area contributed by atoms with Crippen LogP contribution in [0.4, 0.5) is 18.0 Å². The molecule has 0 saturated carbocycles. The van der Waals surface area contributed by atoms with E-state index in [-0.39, 0.29) is 34.4 Å². The fourth-order valence-electron chi connectivity index (χ4n) is 3.59. The fourth-order valence-corrected chi connectivity index (χ4v) is 4.84. The Hall–Kier alpha value is -3.21. The Morgan fingerprint density at radius 3 is 2.39 bits per heavy atom. The highest BCUT2D eigenvalue weighted by atomic mass is 32.2. The molecule has 0 aliphatic carbocycles. The Labute approximate surface area is 212 Å². The highest BCUT2D eigenvalue weighted by molar-refractivity contribution is 7.99. The molecule has 1 aliphatic heterocycles. The van der Waals surface area contributed by atoms with Crippen molar-refractivity contribution in [1.29, 1.82) is 0 Å². The van der Waals surface area contributed by atoms with Gasteiger partial charge >= 0.3 is 18.4 Å². The zero-order valence-corrected chi connectivity index (χ0v) is 21.1. The van der Waals surface area contributed by atoms with Crippen LogP contribution in [-0.2, 0) is 16.8 Å². The van der Waals surface area contributed by atoms with E-state index in [1.54, 1.807) is 27.5 Å². The van der Waals surface area contributed by atoms with E-state index < -0.39 is 24.1 Å². The molecule has 1 fully saturated rings. The number of benzene rings is 2. The largest absolute Gasteiger partial charge is 0.334 e. The number of carbonyl (C=O) groups is 3. The third kappa shape index (κ3) is 7.16. The van der Waals surface area contributed by atoms with Gasteiger partial charge in [-0.25, -0.2) is 9.18 Å². The summed E-state index contributed by atoms with van der Waals surface area (Å²) in [6.45, 7) is 7.47. The van der Waals surface area contributed by atoms with Gasteiger partial charge in [0.05, 0.1) is 0 Å². The minimum Gasteiger partial charge on any atom is -0.334 e. The summed E-state index contributed by atoms with van der Waals surface area (Å²) in [6.07, 6.45) is -3.30. The second kappa shape index (κ2) is 11.7. The van der Waals surface area contributed by atoms with E-state index in [0.29, 0.717) is 13.1 Å². The molecule has 4 amide bonds. The van der Waals surface area contributed by atoms with Crippen LogP contribution in [0.25, 0.3) is 0 Å². The van der Waals surface area contributed by atoms with Crippen molar-refractivity contribution in [3.05, 3.63) is 70.5 Å². The van der Waals surface area contributed by atoms with Crippen molar-refractivity contribution < 1.29 is 27.6 Å². The van der Waals surface area contributed by atoms with Gasteiger partial charge in [0.2, 0.25) is 0 Å². The van der Waals surface area contributed by atoms with Crippen LogP contribution >= 0.6 is 11.8 Å². The molecule has 36 heavy (non-hydrogen) atoms. The maximum absolute atomic E-state index is 14.5. The zero-order chi connectivity index (χ0) is 26.5. The molecule has 2 aromatic rings. The van der Waals surface area contributed by atoms with E-state index in [1.165, 1.54) is 17.7 Å². The molecule has 1 aliphatic rings. The number of rotatable bonds is 5. The van der Waals surface area contributed by atoms with Gasteiger partial charge in [-0.3, -0.25) is 20.4 Å². The van der Waals surface area contributed by atoms with Gasteiger partial charge in [0.1, 0.15) is 5.82 Å². The number of nitrogens with zero attached hydrogens (tertiary/aromatic N) is 1. The molecule has 1 unspecified atom stereocenters. The molecule has 0 radical (unpaired) electrons. The van der Waals surface area contributed by atoms with Gasteiger partial charge in [-0.1, -0.05) is 51.1 Å². The van der Waals surface area contributed by atoms with Gasteiger partial charge in [-0.2, -0.15) is 20.5 Å². The Balaban J connectivity index is 1.54. The first-order valence-corrected chi connectivity index (χ1v) is 12.4. The van der Waals surface area contributed by atoms with Crippen LogP contribution in [0, 0.1) is 5.82 Å². The number of nitrogens with one attached hydrogen (secondary N) is 3. The summed E-state index contributed by atoms with van der Waals surface area (Å²) < 4.78 is 38.8. The lowest BCUT2D eigenvalue weighted by molar-refractivity contribution is -0.132. The quantitative estimate of drug-likeness (QED) is 0.515. The standard InChI is InChI=1S/C25H29F3N4O3S/c1-25(2,3)18-8-6-15(7-9-18)20-14-32(10-11-36-20)24(35)29-13-17-5-4-16(12-19(17)26)22(33)30-31-23(34)21(27)28/h4-9,12,20-21H,10-11,13-14H2,1-3H3,(H,29,35)(H,30,33)(H,31,34). The molecule has 0 bridgehead atoms. The van der Waals surface area contributed by atoms with Crippen LogP contribution in [0.15, 0.2) is 42.5 Å². The number of hydrogen-bond donors (Lipinski definition) is 3. The summed E-state index contributed by atoms with van der Waals surface area (Å²) >= 11 is 1.79. The van der Waals surface area contributed by atoms with Gasteiger partial charge in [-0.15, -0.1) is 0 Å². The first-order valence-electron chi connectivity index (χ1n) is 11.4. The first-order chi connectivity index (χ1) is 17.0. The van der Waals surface area contributed by atoms with Crippen molar-refractivity contribution in [1.82, 2.24) is 21.1 Å². The molecule has 1 saturated heterocycles. The van der Waals surface area contributed by atoms with E-state index in [9.17, 15) is 27.6 Å². The van der Waals surface area contributed by atoms with Gasteiger partial charge < -0.3 is 10.2 Å². The van der Waals surface area contributed by atoms with Crippen LogP contribution in [0.3, 0.4) is 0 Å². The number of alkyl halides is 2. The monoisotopic (exact) mass is 522 g/mol. The molecule has 1 heterocycles. The highest BCUT2D eigenvalue weighted by Crippen LogP contribution is 2.34. The fraction of sp³-hybridized carbons (Fsp3) is 0.400. The minimum absolute atomic E-state index is 0.0612. The Kier molecular flexibility index (Phi) is 8.89. The van der Waals surface area contributed by atoms with Crippen LogP contribution in [0.5, 0.6) is 0 Å². The average molecular weight is 523 g/mol. The number of urea groups is 1. The van der Waals surface area contributed by atoms with Crippen molar-refractivity contribution >= 4 is 29.6 Å². The van der Waals surface area contributed by atoms with Gasteiger partial charge in [0, 0.05) is 41.8 Å². The van der Waals surface area contributed by atoms with E-state index in [1.807, 2.05) is 0 Å². The van der Waals surface area contributed by atoms with Gasteiger partial charge in [0.15, 0.2) is 0 Å². The van der Waals surface area contributed by atoms with E-state index in [0.717, 1.165) is 17.4 Å². The van der Waals surface area contributed by atoms with Crippen molar-refractivity contribution in [2.24, 2.45) is 0 Å². The maximum Gasteiger partial charge on any atom is 0.317 e. The SMILES string of the molecule is CC(C)(C)c1ccc(C2CN(C(=O)NCc3ccc(C(=O)NNC(=O)C(F)F)cc3F)CCS2)cc1. The van der Waals surface area contributed by atoms with Crippen molar-refractivity contribution in [2.45, 2.75) is 44.4 Å². The molecular weight excluding hydrogens is 493 g/mol. The summed E-state index contributed by atoms with van der Waals surface area (Å²) in [6, 6.07) is 11.6. The Bertz CT molecular complexity index is 1110. The molecule has 0 spiro atoms. The summed E-state index contributed by atoms with van der Waals surface area (Å²) in [7, 11) is 0. The van der Waals surface area contributed by atoms with Crippen molar-refractivity contribution in [3.8, 4) is 0 Å². The molecule has 194 valence electrons. The zero-order valence-electron chi connectivity index (χ0n) is 20.2. The highest BCUT2D eigenvalue weighted by Gasteiger charge is 2.26. The molecular formula is C25H29F3N4O3S. The van der Waals surface area contributed by atoms with Gasteiger partial charge in [0.25, 0.3) is 5.91 Å². The molecule has 2 aromatic carbocycles. The second-order valence-corrected chi connectivity index (χ2v) is 10.7. The molecule has 11 heteroatoms. The lowest BCUT2D eigenvalue weighted by Gasteiger charge is -2.33. The lowest BCUT2D eigenvalue weighted by Crippen LogP contribution is -2.45. The molecule has 3 N–H and O–H groups in total. The molecule has 7 nitrogen and oxygen atoms in total. The van der Waals surface area contributed by atoms with Crippen LogP contribution in [0.2, 0.25) is 0 Å². The molecule has 1 atom stereocenters. The minimum atomic E-state index is -3.30. The average Bonchev–Trinajstić information content (AvgIpc) is 2.85. The van der Waals surface area contributed by atoms with Gasteiger partial charge in [-0.05, 0) is 28.7 Å². The number of amides is 4. The van der Waals surface area contributed by atoms with E-state index >= 15 is 0 Å². The molecule has 0 aromatic heterocycles.